The average molecular weight is 478 g/mol. The Hall–Kier alpha value is -4.21. The number of aryl methyl sites for hydroxylation is 1. The van der Waals surface area contributed by atoms with Gasteiger partial charge in [-0.25, -0.2) is 9.50 Å². The summed E-state index contributed by atoms with van der Waals surface area (Å²) in [7, 11) is 1.57. The van der Waals surface area contributed by atoms with Gasteiger partial charge < -0.3 is 4.90 Å². The molecule has 10 heteroatoms. The zero-order valence-corrected chi connectivity index (χ0v) is 19.0. The Bertz CT molecular complexity index is 1550. The minimum absolute atomic E-state index is 0.0185. The summed E-state index contributed by atoms with van der Waals surface area (Å²) in [6.07, 6.45) is -1.77. The Morgan fingerprint density at radius 3 is 2.60 bits per heavy atom. The highest BCUT2D eigenvalue weighted by Crippen LogP contribution is 2.35. The number of rotatable bonds is 5. The smallest absolute Gasteiger partial charge is 0.336 e. The maximum Gasteiger partial charge on any atom is 0.433 e. The van der Waals surface area contributed by atoms with Gasteiger partial charge in [0.15, 0.2) is 11.3 Å². The number of aromatic nitrogens is 5. The van der Waals surface area contributed by atoms with Gasteiger partial charge in [-0.05, 0) is 29.8 Å². The summed E-state index contributed by atoms with van der Waals surface area (Å²) in [6, 6.07) is 15.5. The molecule has 0 aliphatic carbocycles. The largest absolute Gasteiger partial charge is 0.433 e. The first-order valence-electron chi connectivity index (χ1n) is 11.0. The molecule has 0 radical (unpaired) electrons. The first kappa shape index (κ1) is 22.6. The Kier molecular flexibility index (Phi) is 5.50. The minimum atomic E-state index is -4.70. The van der Waals surface area contributed by atoms with Crippen molar-refractivity contribution >= 4 is 22.3 Å². The molecule has 0 bridgehead atoms. The van der Waals surface area contributed by atoms with Crippen LogP contribution in [0, 0.1) is 0 Å². The van der Waals surface area contributed by atoms with Gasteiger partial charge in [0.05, 0.1) is 24.1 Å². The molecule has 0 aliphatic heterocycles. The molecule has 0 saturated carbocycles. The fraction of sp³-hybridized carbons (Fsp3) is 0.200. The lowest BCUT2D eigenvalue weighted by atomic mass is 10.0. The molecule has 0 unspecified atom stereocenters. The van der Waals surface area contributed by atoms with Gasteiger partial charge in [0.25, 0.3) is 5.91 Å². The van der Waals surface area contributed by atoms with Gasteiger partial charge in [-0.15, -0.1) is 0 Å². The summed E-state index contributed by atoms with van der Waals surface area (Å²) >= 11 is 0. The Balaban J connectivity index is 1.63. The van der Waals surface area contributed by atoms with Crippen LogP contribution in [0.4, 0.5) is 13.2 Å². The second kappa shape index (κ2) is 8.53. The van der Waals surface area contributed by atoms with Crippen LogP contribution in [0.2, 0.25) is 0 Å². The van der Waals surface area contributed by atoms with E-state index in [1.807, 2.05) is 37.3 Å². The molecule has 0 atom stereocenters. The van der Waals surface area contributed by atoms with Crippen molar-refractivity contribution in [3.8, 4) is 11.3 Å². The topological polar surface area (TPSA) is 68.3 Å². The molecule has 0 aliphatic rings. The minimum Gasteiger partial charge on any atom is -0.336 e. The number of benzene rings is 2. The summed E-state index contributed by atoms with van der Waals surface area (Å²) < 4.78 is 44.5. The molecule has 3 aromatic heterocycles. The predicted molar refractivity (Wildman–Crippen MR) is 125 cm³/mol. The van der Waals surface area contributed by atoms with Gasteiger partial charge in [0, 0.05) is 25.4 Å². The van der Waals surface area contributed by atoms with E-state index < -0.39 is 17.8 Å². The predicted octanol–water partition coefficient (Wildman–Crippen LogP) is 5.06. The molecule has 0 spiro atoms. The molecule has 178 valence electrons. The Morgan fingerprint density at radius 2 is 1.86 bits per heavy atom. The van der Waals surface area contributed by atoms with Crippen LogP contribution in [-0.4, -0.2) is 42.2 Å². The lowest BCUT2D eigenvalue weighted by molar-refractivity contribution is -0.142. The highest BCUT2D eigenvalue weighted by Gasteiger charge is 2.36. The maximum atomic E-state index is 14.0. The van der Waals surface area contributed by atoms with Gasteiger partial charge >= 0.3 is 6.18 Å². The zero-order valence-electron chi connectivity index (χ0n) is 19.0. The van der Waals surface area contributed by atoms with Crippen molar-refractivity contribution in [2.45, 2.75) is 26.2 Å². The van der Waals surface area contributed by atoms with Crippen LogP contribution in [0.25, 0.3) is 27.7 Å². The molecule has 1 amide bonds. The van der Waals surface area contributed by atoms with Gasteiger partial charge in [-0.2, -0.15) is 23.4 Å². The van der Waals surface area contributed by atoms with Crippen LogP contribution in [0.5, 0.6) is 0 Å². The number of hydrogen-bond acceptors (Lipinski definition) is 4. The summed E-state index contributed by atoms with van der Waals surface area (Å²) in [6.45, 7) is 2.83. The Morgan fingerprint density at radius 1 is 1.09 bits per heavy atom. The number of halogens is 3. The van der Waals surface area contributed by atoms with E-state index in [-0.39, 0.29) is 23.4 Å². The summed E-state index contributed by atoms with van der Waals surface area (Å²) in [5.41, 5.74) is 0.136. The molecule has 5 rings (SSSR count). The number of carbonyl (C=O) groups is 1. The molecular formula is C25H21F3N6O. The number of fused-ring (bicyclic) bond motifs is 2. The fourth-order valence-corrected chi connectivity index (χ4v) is 4.09. The first-order valence-corrected chi connectivity index (χ1v) is 11.0. The number of carbonyl (C=O) groups excluding carboxylic acids is 1. The third kappa shape index (κ3) is 4.11. The molecule has 0 saturated heterocycles. The molecule has 7 nitrogen and oxygen atoms in total. The van der Waals surface area contributed by atoms with Crippen LogP contribution in [0.1, 0.15) is 28.7 Å². The third-order valence-corrected chi connectivity index (χ3v) is 5.82. The van der Waals surface area contributed by atoms with E-state index in [9.17, 15) is 18.0 Å². The second-order valence-electron chi connectivity index (χ2n) is 8.17. The molecular weight excluding hydrogens is 457 g/mol. The van der Waals surface area contributed by atoms with E-state index in [0.717, 1.165) is 23.0 Å². The number of alkyl halides is 3. The van der Waals surface area contributed by atoms with E-state index >= 15 is 0 Å². The van der Waals surface area contributed by atoms with E-state index in [1.165, 1.54) is 4.90 Å². The number of hydrogen-bond donors (Lipinski definition) is 0. The van der Waals surface area contributed by atoms with Crippen molar-refractivity contribution in [2.24, 2.45) is 0 Å². The summed E-state index contributed by atoms with van der Waals surface area (Å²) in [5, 5.41) is 9.87. The van der Waals surface area contributed by atoms with Crippen molar-refractivity contribution in [2.75, 3.05) is 7.05 Å². The van der Waals surface area contributed by atoms with E-state index in [4.69, 9.17) is 0 Å². The normalized spacial score (nSPS) is 11.9. The molecule has 5 aromatic rings. The Labute approximate surface area is 198 Å². The van der Waals surface area contributed by atoms with Crippen LogP contribution in [-0.2, 0) is 19.3 Å². The SMILES string of the molecule is CCn1ccc(CN(C)C(=O)c2cnn3c(C(F)(F)F)cc(-c4cccc5ccccc45)nc23)n1. The van der Waals surface area contributed by atoms with Crippen molar-refractivity contribution in [1.29, 1.82) is 0 Å². The first-order chi connectivity index (χ1) is 16.8. The van der Waals surface area contributed by atoms with Crippen molar-refractivity contribution in [1.82, 2.24) is 29.3 Å². The molecule has 35 heavy (non-hydrogen) atoms. The van der Waals surface area contributed by atoms with Crippen molar-refractivity contribution in [3.63, 3.8) is 0 Å². The number of amides is 1. The van der Waals surface area contributed by atoms with Gasteiger partial charge in [-0.1, -0.05) is 42.5 Å². The van der Waals surface area contributed by atoms with Crippen molar-refractivity contribution in [3.05, 3.63) is 83.9 Å². The van der Waals surface area contributed by atoms with E-state index in [2.05, 4.69) is 15.2 Å². The summed E-state index contributed by atoms with van der Waals surface area (Å²) in [5.74, 6) is -0.498. The monoisotopic (exact) mass is 478 g/mol. The van der Waals surface area contributed by atoms with E-state index in [1.54, 1.807) is 36.1 Å². The van der Waals surface area contributed by atoms with Crippen LogP contribution < -0.4 is 0 Å². The number of nitrogens with zero attached hydrogens (tertiary/aromatic N) is 6. The maximum absolute atomic E-state index is 14.0. The van der Waals surface area contributed by atoms with Crippen LogP contribution >= 0.6 is 0 Å². The quantitative estimate of drug-likeness (QED) is 0.354. The van der Waals surface area contributed by atoms with Gasteiger partial charge in [0.2, 0.25) is 0 Å². The van der Waals surface area contributed by atoms with Crippen molar-refractivity contribution < 1.29 is 18.0 Å². The molecule has 2 aromatic carbocycles. The van der Waals surface area contributed by atoms with E-state index in [0.29, 0.717) is 22.3 Å². The highest BCUT2D eigenvalue weighted by molar-refractivity contribution is 6.00. The highest BCUT2D eigenvalue weighted by atomic mass is 19.4. The van der Waals surface area contributed by atoms with Gasteiger partial charge in [0.1, 0.15) is 5.56 Å². The standard InChI is InChI=1S/C25H21F3N6O/c1-3-33-12-11-17(31-33)15-32(2)24(35)20-14-29-34-22(25(26,27)28)13-21(30-23(20)34)19-10-6-8-16-7-4-5-9-18(16)19/h4-14H,3,15H2,1-2H3. The second-order valence-corrected chi connectivity index (χ2v) is 8.17. The van der Waals surface area contributed by atoms with Crippen LogP contribution in [0.3, 0.4) is 0 Å². The third-order valence-electron chi connectivity index (χ3n) is 5.82. The average Bonchev–Trinajstić information content (AvgIpc) is 3.48. The van der Waals surface area contributed by atoms with Crippen LogP contribution in [0.15, 0.2) is 67.0 Å². The lowest BCUT2D eigenvalue weighted by Crippen LogP contribution is -2.26. The fourth-order valence-electron chi connectivity index (χ4n) is 4.09. The lowest BCUT2D eigenvalue weighted by Gasteiger charge is -2.16. The summed E-state index contributed by atoms with van der Waals surface area (Å²) in [4.78, 5) is 19.1. The van der Waals surface area contributed by atoms with Gasteiger partial charge in [-0.3, -0.25) is 9.48 Å². The molecule has 0 N–H and O–H groups in total. The molecule has 0 fully saturated rings. The molecule has 3 heterocycles. The zero-order chi connectivity index (χ0) is 24.7.